The summed E-state index contributed by atoms with van der Waals surface area (Å²) >= 11 is 12.6. The van der Waals surface area contributed by atoms with Gasteiger partial charge < -0.3 is 19.9 Å². The molecule has 0 unspecified atom stereocenters. The molecule has 0 bridgehead atoms. The number of halogens is 2. The predicted octanol–water partition coefficient (Wildman–Crippen LogP) is 3.57. The summed E-state index contributed by atoms with van der Waals surface area (Å²) in [6.07, 6.45) is 4.96. The number of hydrogen-bond donors (Lipinski definition) is 2. The molecule has 1 amide bonds. The molecular formula is C17H15Cl2N5O2. The minimum Gasteiger partial charge on any atom is -0.465 e. The van der Waals surface area contributed by atoms with Gasteiger partial charge in [0, 0.05) is 36.9 Å². The van der Waals surface area contributed by atoms with Crippen molar-refractivity contribution in [3.8, 4) is 5.69 Å². The number of carbonyl (C=O) groups is 1. The molecule has 3 aromatic rings. The Bertz CT molecular complexity index is 977. The molecule has 0 spiro atoms. The van der Waals surface area contributed by atoms with Crippen LogP contribution in [-0.2, 0) is 0 Å². The monoisotopic (exact) mass is 391 g/mol. The van der Waals surface area contributed by atoms with Crippen LogP contribution < -0.4 is 10.2 Å². The number of rotatable bonds is 3. The van der Waals surface area contributed by atoms with Crippen LogP contribution in [-0.4, -0.2) is 44.9 Å². The summed E-state index contributed by atoms with van der Waals surface area (Å²) in [5, 5.41) is 13.1. The molecule has 134 valence electrons. The molecule has 9 heteroatoms. The van der Waals surface area contributed by atoms with Crippen molar-refractivity contribution in [3.05, 3.63) is 47.0 Å². The molecule has 1 atom stereocenters. The second-order valence-corrected chi connectivity index (χ2v) is 6.89. The number of benzene rings is 1. The highest BCUT2D eigenvalue weighted by Crippen LogP contribution is 2.35. The molecule has 1 aliphatic heterocycles. The van der Waals surface area contributed by atoms with Crippen LogP contribution in [0.4, 0.5) is 10.6 Å². The molecule has 1 aliphatic rings. The smallest absolute Gasteiger partial charge is 0.404 e. The van der Waals surface area contributed by atoms with Gasteiger partial charge >= 0.3 is 6.09 Å². The van der Waals surface area contributed by atoms with Crippen LogP contribution in [0.5, 0.6) is 0 Å². The van der Waals surface area contributed by atoms with Gasteiger partial charge in [0.25, 0.3) is 0 Å². The van der Waals surface area contributed by atoms with Gasteiger partial charge in [-0.05, 0) is 18.6 Å². The third-order valence-electron chi connectivity index (χ3n) is 4.46. The number of pyridine rings is 1. The first-order valence-electron chi connectivity index (χ1n) is 8.04. The third-order valence-corrected chi connectivity index (χ3v) is 5.25. The SMILES string of the molecule is O=C(O)N[C@H]1CCN(c2cc(-n3ccnc3)c3ccc(Cl)c(Cl)c3n2)C1. The molecule has 2 N–H and O–H groups in total. The normalized spacial score (nSPS) is 17.0. The van der Waals surface area contributed by atoms with Gasteiger partial charge in [0.2, 0.25) is 0 Å². The number of imidazole rings is 1. The Balaban J connectivity index is 1.81. The highest BCUT2D eigenvalue weighted by Gasteiger charge is 2.26. The number of anilines is 1. The van der Waals surface area contributed by atoms with Crippen molar-refractivity contribution >= 4 is 46.0 Å². The highest BCUT2D eigenvalue weighted by atomic mass is 35.5. The first-order chi connectivity index (χ1) is 12.5. The fourth-order valence-corrected chi connectivity index (χ4v) is 3.60. The van der Waals surface area contributed by atoms with E-state index in [-0.39, 0.29) is 6.04 Å². The van der Waals surface area contributed by atoms with E-state index >= 15 is 0 Å². The van der Waals surface area contributed by atoms with Crippen LogP contribution in [0.3, 0.4) is 0 Å². The minimum absolute atomic E-state index is 0.128. The van der Waals surface area contributed by atoms with Gasteiger partial charge in [-0.25, -0.2) is 14.8 Å². The van der Waals surface area contributed by atoms with Crippen LogP contribution in [0.1, 0.15) is 6.42 Å². The van der Waals surface area contributed by atoms with Gasteiger partial charge in [-0.2, -0.15) is 0 Å². The van der Waals surface area contributed by atoms with Crippen LogP contribution >= 0.6 is 23.2 Å². The number of hydrogen-bond acceptors (Lipinski definition) is 4. The molecule has 1 aromatic carbocycles. The lowest BCUT2D eigenvalue weighted by molar-refractivity contribution is 0.191. The van der Waals surface area contributed by atoms with E-state index in [2.05, 4.69) is 10.3 Å². The van der Waals surface area contributed by atoms with Gasteiger partial charge in [0.15, 0.2) is 0 Å². The second kappa shape index (κ2) is 6.66. The van der Waals surface area contributed by atoms with Crippen LogP contribution in [0.2, 0.25) is 10.0 Å². The van der Waals surface area contributed by atoms with Crippen LogP contribution in [0.15, 0.2) is 36.9 Å². The number of nitrogens with zero attached hydrogens (tertiary/aromatic N) is 4. The maximum atomic E-state index is 10.9. The molecular weight excluding hydrogens is 377 g/mol. The van der Waals surface area contributed by atoms with E-state index in [1.807, 2.05) is 27.8 Å². The molecule has 0 saturated carbocycles. The standard InChI is InChI=1S/C17H15Cl2N5O2/c18-12-2-1-11-13(24-6-4-20-9-24)7-14(22-16(11)15(12)19)23-5-3-10(8-23)21-17(25)26/h1-2,4,6-7,9-10,21H,3,5,8H2,(H,25,26)/t10-/m0/s1. The first kappa shape index (κ1) is 16.9. The van der Waals surface area contributed by atoms with Gasteiger partial charge in [-0.15, -0.1) is 0 Å². The van der Waals surface area contributed by atoms with E-state index in [0.717, 1.165) is 23.3 Å². The van der Waals surface area contributed by atoms with Crippen molar-refractivity contribution in [2.75, 3.05) is 18.0 Å². The summed E-state index contributed by atoms with van der Waals surface area (Å²) in [5.41, 5.74) is 1.49. The predicted molar refractivity (Wildman–Crippen MR) is 101 cm³/mol. The van der Waals surface area contributed by atoms with E-state index in [4.69, 9.17) is 33.3 Å². The van der Waals surface area contributed by atoms with Crippen molar-refractivity contribution in [1.29, 1.82) is 0 Å². The fraction of sp³-hybridized carbons (Fsp3) is 0.235. The van der Waals surface area contributed by atoms with Crippen LogP contribution in [0, 0.1) is 0 Å². The van der Waals surface area contributed by atoms with Gasteiger partial charge in [0.1, 0.15) is 5.82 Å². The Kier molecular flexibility index (Phi) is 4.34. The molecule has 0 radical (unpaired) electrons. The highest BCUT2D eigenvalue weighted by molar-refractivity contribution is 6.45. The summed E-state index contributed by atoms with van der Waals surface area (Å²) < 4.78 is 1.89. The van der Waals surface area contributed by atoms with E-state index in [1.165, 1.54) is 0 Å². The molecule has 1 fully saturated rings. The van der Waals surface area contributed by atoms with Crippen molar-refractivity contribution in [2.45, 2.75) is 12.5 Å². The zero-order chi connectivity index (χ0) is 18.3. The number of amides is 1. The molecule has 26 heavy (non-hydrogen) atoms. The van der Waals surface area contributed by atoms with E-state index < -0.39 is 6.09 Å². The van der Waals surface area contributed by atoms with Crippen LogP contribution in [0.25, 0.3) is 16.6 Å². The molecule has 0 aliphatic carbocycles. The van der Waals surface area contributed by atoms with E-state index in [1.54, 1.807) is 18.6 Å². The second-order valence-electron chi connectivity index (χ2n) is 6.11. The average molecular weight is 392 g/mol. The largest absolute Gasteiger partial charge is 0.465 e. The van der Waals surface area contributed by atoms with E-state index in [0.29, 0.717) is 28.7 Å². The molecule has 2 aromatic heterocycles. The number of aromatic nitrogens is 3. The molecule has 4 rings (SSSR count). The Morgan fingerprint density at radius 2 is 2.19 bits per heavy atom. The number of carboxylic acid groups (broad SMARTS) is 1. The lowest BCUT2D eigenvalue weighted by atomic mass is 10.1. The Morgan fingerprint density at radius 1 is 1.35 bits per heavy atom. The third kappa shape index (κ3) is 3.04. The first-order valence-corrected chi connectivity index (χ1v) is 8.80. The Labute approximate surface area is 159 Å². The van der Waals surface area contributed by atoms with Crippen molar-refractivity contribution in [1.82, 2.24) is 19.9 Å². The number of nitrogens with one attached hydrogen (secondary N) is 1. The lowest BCUT2D eigenvalue weighted by Gasteiger charge is -2.20. The van der Waals surface area contributed by atoms with Crippen molar-refractivity contribution in [3.63, 3.8) is 0 Å². The zero-order valence-corrected chi connectivity index (χ0v) is 15.1. The molecule has 1 saturated heterocycles. The summed E-state index contributed by atoms with van der Waals surface area (Å²) in [5.74, 6) is 0.722. The fourth-order valence-electron chi connectivity index (χ4n) is 3.24. The lowest BCUT2D eigenvalue weighted by Crippen LogP contribution is -2.36. The van der Waals surface area contributed by atoms with Gasteiger partial charge in [0.05, 0.1) is 33.6 Å². The zero-order valence-electron chi connectivity index (χ0n) is 13.6. The molecule has 7 nitrogen and oxygen atoms in total. The maximum absolute atomic E-state index is 10.9. The Morgan fingerprint density at radius 3 is 2.92 bits per heavy atom. The summed E-state index contributed by atoms with van der Waals surface area (Å²) in [6.45, 7) is 1.25. The average Bonchev–Trinajstić information content (AvgIpc) is 3.29. The topological polar surface area (TPSA) is 83.3 Å². The van der Waals surface area contributed by atoms with Gasteiger partial charge in [-0.1, -0.05) is 23.2 Å². The van der Waals surface area contributed by atoms with Crippen molar-refractivity contribution in [2.24, 2.45) is 0 Å². The quantitative estimate of drug-likeness (QED) is 0.712. The maximum Gasteiger partial charge on any atom is 0.404 e. The Hall–Kier alpha value is -2.51. The van der Waals surface area contributed by atoms with Gasteiger partial charge in [-0.3, -0.25) is 0 Å². The van der Waals surface area contributed by atoms with E-state index in [9.17, 15) is 4.79 Å². The number of fused-ring (bicyclic) bond motifs is 1. The summed E-state index contributed by atoms with van der Waals surface area (Å²) in [6, 6.07) is 5.46. The summed E-state index contributed by atoms with van der Waals surface area (Å²) in [4.78, 5) is 21.7. The minimum atomic E-state index is -1.02. The van der Waals surface area contributed by atoms with Crippen molar-refractivity contribution < 1.29 is 9.90 Å². The molecule has 3 heterocycles. The summed E-state index contributed by atoms with van der Waals surface area (Å²) in [7, 11) is 0.